The molecular formula is C8H10N2O2. The summed E-state index contributed by atoms with van der Waals surface area (Å²) in [6.07, 6.45) is 2.49. The normalized spacial score (nSPS) is 26.8. The third kappa shape index (κ3) is 1.32. The van der Waals surface area contributed by atoms with Gasteiger partial charge in [-0.15, -0.1) is 0 Å². The summed E-state index contributed by atoms with van der Waals surface area (Å²) in [6.45, 7) is 2.06. The lowest BCUT2D eigenvalue weighted by molar-refractivity contribution is -0.117. The zero-order chi connectivity index (χ0) is 8.55. The van der Waals surface area contributed by atoms with Crippen molar-refractivity contribution in [1.29, 1.82) is 0 Å². The first-order valence-electron chi connectivity index (χ1n) is 3.99. The van der Waals surface area contributed by atoms with E-state index in [1.807, 2.05) is 0 Å². The lowest BCUT2D eigenvalue weighted by atomic mass is 10.3. The first-order chi connectivity index (χ1) is 5.77. The predicted molar refractivity (Wildman–Crippen MR) is 42.4 cm³/mol. The van der Waals surface area contributed by atoms with Gasteiger partial charge in [-0.25, -0.2) is 0 Å². The maximum Gasteiger partial charge on any atom is 0.231 e. The average molecular weight is 166 g/mol. The molecule has 1 aliphatic carbocycles. The van der Waals surface area contributed by atoms with E-state index in [0.29, 0.717) is 11.8 Å². The average Bonchev–Trinajstić information content (AvgIpc) is 2.58. The number of hydrogen-bond acceptors (Lipinski definition) is 3. The summed E-state index contributed by atoms with van der Waals surface area (Å²) < 4.78 is 4.74. The van der Waals surface area contributed by atoms with Crippen molar-refractivity contribution in [3.8, 4) is 0 Å². The van der Waals surface area contributed by atoms with E-state index in [0.717, 1.165) is 6.42 Å². The third-order valence-electron chi connectivity index (χ3n) is 2.13. The van der Waals surface area contributed by atoms with Gasteiger partial charge in [0, 0.05) is 12.0 Å². The maximum absolute atomic E-state index is 11.3. The van der Waals surface area contributed by atoms with Crippen LogP contribution in [0, 0.1) is 11.8 Å². The highest BCUT2D eigenvalue weighted by atomic mass is 16.5. The van der Waals surface area contributed by atoms with Gasteiger partial charge in [0.1, 0.15) is 0 Å². The number of aromatic nitrogens is 1. The van der Waals surface area contributed by atoms with Gasteiger partial charge in [0.15, 0.2) is 0 Å². The molecule has 2 unspecified atom stereocenters. The Bertz CT molecular complexity index is 281. The van der Waals surface area contributed by atoms with Gasteiger partial charge >= 0.3 is 0 Å². The van der Waals surface area contributed by atoms with Crippen molar-refractivity contribution in [2.45, 2.75) is 13.3 Å². The second-order valence-electron chi connectivity index (χ2n) is 3.19. The van der Waals surface area contributed by atoms with E-state index in [1.54, 1.807) is 6.07 Å². The number of amides is 1. The van der Waals surface area contributed by atoms with Crippen molar-refractivity contribution >= 4 is 11.8 Å². The number of nitrogens with zero attached hydrogens (tertiary/aromatic N) is 1. The van der Waals surface area contributed by atoms with Crippen molar-refractivity contribution in [3.05, 3.63) is 12.3 Å². The molecule has 0 aromatic carbocycles. The smallest absolute Gasteiger partial charge is 0.231 e. The summed E-state index contributed by atoms with van der Waals surface area (Å²) in [4.78, 5) is 11.3. The van der Waals surface area contributed by atoms with Crippen LogP contribution in [0.3, 0.4) is 0 Å². The molecule has 1 fully saturated rings. The lowest BCUT2D eigenvalue weighted by Crippen LogP contribution is -2.13. The molecular weight excluding hydrogens is 156 g/mol. The van der Waals surface area contributed by atoms with Gasteiger partial charge in [0.2, 0.25) is 11.8 Å². The Labute approximate surface area is 69.9 Å². The summed E-state index contributed by atoms with van der Waals surface area (Å²) in [6, 6.07) is 1.63. The molecule has 0 bridgehead atoms. The minimum atomic E-state index is 0.0410. The van der Waals surface area contributed by atoms with E-state index in [4.69, 9.17) is 4.52 Å². The molecule has 1 aromatic heterocycles. The number of carbonyl (C=O) groups is 1. The summed E-state index contributed by atoms with van der Waals surface area (Å²) in [5.41, 5.74) is 0. The van der Waals surface area contributed by atoms with E-state index in [9.17, 15) is 4.79 Å². The molecule has 1 saturated carbocycles. The zero-order valence-corrected chi connectivity index (χ0v) is 6.78. The van der Waals surface area contributed by atoms with Crippen LogP contribution in [0.2, 0.25) is 0 Å². The van der Waals surface area contributed by atoms with Crippen LogP contribution in [0.5, 0.6) is 0 Å². The van der Waals surface area contributed by atoms with Crippen LogP contribution >= 0.6 is 0 Å². The molecule has 1 heterocycles. The third-order valence-corrected chi connectivity index (χ3v) is 2.13. The topological polar surface area (TPSA) is 55.1 Å². The number of anilines is 1. The van der Waals surface area contributed by atoms with Gasteiger partial charge in [-0.1, -0.05) is 12.1 Å². The Morgan fingerprint density at radius 1 is 1.83 bits per heavy atom. The summed E-state index contributed by atoms with van der Waals surface area (Å²) in [5.74, 6) is 1.17. The maximum atomic E-state index is 11.3. The molecule has 2 rings (SSSR count). The van der Waals surface area contributed by atoms with Crippen LogP contribution in [-0.2, 0) is 4.79 Å². The molecule has 1 N–H and O–H groups in total. The van der Waals surface area contributed by atoms with Gasteiger partial charge in [-0.2, -0.15) is 0 Å². The van der Waals surface area contributed by atoms with Crippen molar-refractivity contribution in [1.82, 2.24) is 5.16 Å². The van der Waals surface area contributed by atoms with Gasteiger partial charge in [-0.05, 0) is 12.3 Å². The summed E-state index contributed by atoms with van der Waals surface area (Å²) in [5, 5.41) is 6.13. The predicted octanol–water partition coefficient (Wildman–Crippen LogP) is 1.27. The van der Waals surface area contributed by atoms with Gasteiger partial charge in [0.25, 0.3) is 0 Å². The Kier molecular flexibility index (Phi) is 1.60. The highest BCUT2D eigenvalue weighted by molar-refractivity contribution is 5.93. The second kappa shape index (κ2) is 2.62. The number of hydrogen-bond donors (Lipinski definition) is 1. The van der Waals surface area contributed by atoms with Gasteiger partial charge in [0.05, 0.1) is 6.20 Å². The van der Waals surface area contributed by atoms with Crippen LogP contribution in [0.1, 0.15) is 13.3 Å². The Morgan fingerprint density at radius 2 is 2.58 bits per heavy atom. The standard InChI is InChI=1S/C8H10N2O2/c1-5-4-6(5)8(11)10-7-2-3-9-12-7/h2-3,5-6H,4H2,1H3,(H,10,11). The molecule has 64 valence electrons. The van der Waals surface area contributed by atoms with E-state index in [-0.39, 0.29) is 11.8 Å². The second-order valence-corrected chi connectivity index (χ2v) is 3.19. The van der Waals surface area contributed by atoms with Crippen LogP contribution < -0.4 is 5.32 Å². The molecule has 0 saturated heterocycles. The van der Waals surface area contributed by atoms with E-state index >= 15 is 0 Å². The number of carbonyl (C=O) groups excluding carboxylic acids is 1. The molecule has 1 aliphatic rings. The van der Waals surface area contributed by atoms with Crippen molar-refractivity contribution in [2.75, 3.05) is 5.32 Å². The van der Waals surface area contributed by atoms with Crippen molar-refractivity contribution in [2.24, 2.45) is 11.8 Å². The molecule has 2 atom stereocenters. The highest BCUT2D eigenvalue weighted by Gasteiger charge is 2.39. The Morgan fingerprint density at radius 3 is 3.08 bits per heavy atom. The molecule has 1 amide bonds. The minimum Gasteiger partial charge on any atom is -0.338 e. The molecule has 4 heteroatoms. The molecule has 0 radical (unpaired) electrons. The van der Waals surface area contributed by atoms with E-state index in [1.165, 1.54) is 6.20 Å². The van der Waals surface area contributed by atoms with Crippen molar-refractivity contribution < 1.29 is 9.32 Å². The fourth-order valence-electron chi connectivity index (χ4n) is 1.18. The largest absolute Gasteiger partial charge is 0.338 e. The highest BCUT2D eigenvalue weighted by Crippen LogP contribution is 2.38. The van der Waals surface area contributed by atoms with E-state index in [2.05, 4.69) is 17.4 Å². The molecule has 12 heavy (non-hydrogen) atoms. The monoisotopic (exact) mass is 166 g/mol. The fraction of sp³-hybridized carbons (Fsp3) is 0.500. The molecule has 4 nitrogen and oxygen atoms in total. The molecule has 0 spiro atoms. The summed E-state index contributed by atoms with van der Waals surface area (Å²) in [7, 11) is 0. The zero-order valence-electron chi connectivity index (χ0n) is 6.78. The first-order valence-corrected chi connectivity index (χ1v) is 3.99. The molecule has 1 aromatic rings. The van der Waals surface area contributed by atoms with Gasteiger partial charge < -0.3 is 4.52 Å². The van der Waals surface area contributed by atoms with Crippen LogP contribution in [0.25, 0.3) is 0 Å². The van der Waals surface area contributed by atoms with Crippen LogP contribution in [-0.4, -0.2) is 11.1 Å². The van der Waals surface area contributed by atoms with E-state index < -0.39 is 0 Å². The minimum absolute atomic E-state index is 0.0410. The number of nitrogens with one attached hydrogen (secondary N) is 1. The fourth-order valence-corrected chi connectivity index (χ4v) is 1.18. The Hall–Kier alpha value is -1.32. The quantitative estimate of drug-likeness (QED) is 0.719. The summed E-state index contributed by atoms with van der Waals surface area (Å²) >= 11 is 0. The van der Waals surface area contributed by atoms with Crippen LogP contribution in [0.15, 0.2) is 16.8 Å². The van der Waals surface area contributed by atoms with Crippen molar-refractivity contribution in [3.63, 3.8) is 0 Å². The number of rotatable bonds is 2. The SMILES string of the molecule is CC1CC1C(=O)Nc1ccno1. The lowest BCUT2D eigenvalue weighted by Gasteiger charge is -1.97. The molecule has 0 aliphatic heterocycles. The van der Waals surface area contributed by atoms with Gasteiger partial charge in [-0.3, -0.25) is 10.1 Å². The first kappa shape index (κ1) is 7.34. The Balaban J connectivity index is 1.92. The van der Waals surface area contributed by atoms with Crippen LogP contribution in [0.4, 0.5) is 5.88 Å².